The second-order valence-corrected chi connectivity index (χ2v) is 8.11. The molecule has 0 amide bonds. The van der Waals surface area contributed by atoms with Crippen LogP contribution in [0.2, 0.25) is 0 Å². The van der Waals surface area contributed by atoms with Gasteiger partial charge in [-0.25, -0.2) is 4.79 Å². The van der Waals surface area contributed by atoms with E-state index in [9.17, 15) is 37.1 Å². The third-order valence-electron chi connectivity index (χ3n) is 5.98. The minimum atomic E-state index is -5.73. The molecule has 158 valence electrons. The Morgan fingerprint density at radius 3 is 2.11 bits per heavy atom. The summed E-state index contributed by atoms with van der Waals surface area (Å²) >= 11 is 0. The highest BCUT2D eigenvalue weighted by Crippen LogP contribution is 2.63. The Balaban J connectivity index is 1.83. The Morgan fingerprint density at radius 1 is 1.04 bits per heavy atom. The molecule has 7 nitrogen and oxygen atoms in total. The first-order chi connectivity index (χ1) is 12.9. The van der Waals surface area contributed by atoms with Crippen LogP contribution in [0, 0.1) is 17.3 Å². The fourth-order valence-corrected chi connectivity index (χ4v) is 5.35. The number of carbonyl (C=O) groups is 3. The zero-order valence-electron chi connectivity index (χ0n) is 14.7. The lowest BCUT2D eigenvalue weighted by atomic mass is 9.48. The standard InChI is InChI=1S/C17H20F4O7/c18-16(19,11(23)24)17(20,21)13(26)28-15-6-9-3-10(7-15)5-14(4-9,8-15)12(25)27-2-1-22/h9-10,22H,1-8H2,(H,23,24)/p-1. The number of carboxylic acids is 1. The SMILES string of the molecule is O=C(OCCO)C12CC3CC(CC(OC(=O)C(F)(F)C(F)(F)C(=O)[O-])(C3)C1)C2. The van der Waals surface area contributed by atoms with Gasteiger partial charge in [-0.1, -0.05) is 0 Å². The number of ether oxygens (including phenoxy) is 2. The maximum absolute atomic E-state index is 13.8. The summed E-state index contributed by atoms with van der Waals surface area (Å²) in [5.74, 6) is -18.3. The Bertz CT molecular complexity index is 679. The smallest absolute Gasteiger partial charge is 0.410 e. The zero-order valence-corrected chi connectivity index (χ0v) is 14.7. The summed E-state index contributed by atoms with van der Waals surface area (Å²) in [7, 11) is 0. The van der Waals surface area contributed by atoms with Gasteiger partial charge in [0, 0.05) is 6.42 Å². The summed E-state index contributed by atoms with van der Waals surface area (Å²) in [6, 6.07) is 0. The molecule has 0 aliphatic heterocycles. The maximum Gasteiger partial charge on any atom is 0.410 e. The van der Waals surface area contributed by atoms with Gasteiger partial charge in [0.1, 0.15) is 18.2 Å². The molecular weight excluding hydrogens is 392 g/mol. The third-order valence-corrected chi connectivity index (χ3v) is 5.98. The fourth-order valence-electron chi connectivity index (χ4n) is 5.35. The average molecular weight is 411 g/mol. The van der Waals surface area contributed by atoms with Crippen molar-refractivity contribution in [2.75, 3.05) is 13.2 Å². The number of hydrogen-bond acceptors (Lipinski definition) is 7. The molecule has 0 aromatic heterocycles. The zero-order chi connectivity index (χ0) is 21.0. The quantitative estimate of drug-likeness (QED) is 0.477. The van der Waals surface area contributed by atoms with Crippen molar-refractivity contribution in [2.24, 2.45) is 17.3 Å². The lowest BCUT2D eigenvalue weighted by Crippen LogP contribution is -2.63. The van der Waals surface area contributed by atoms with Crippen LogP contribution in [0.1, 0.15) is 38.5 Å². The van der Waals surface area contributed by atoms with Gasteiger partial charge in [0.05, 0.1) is 12.0 Å². The maximum atomic E-state index is 13.8. The van der Waals surface area contributed by atoms with Crippen molar-refractivity contribution in [3.05, 3.63) is 0 Å². The van der Waals surface area contributed by atoms with Crippen LogP contribution in [0.4, 0.5) is 17.6 Å². The number of aliphatic hydroxyl groups is 1. The molecule has 0 saturated heterocycles. The van der Waals surface area contributed by atoms with Crippen LogP contribution in [-0.2, 0) is 23.9 Å². The summed E-state index contributed by atoms with van der Waals surface area (Å²) in [4.78, 5) is 34.7. The largest absolute Gasteiger partial charge is 0.544 e. The molecule has 11 heteroatoms. The molecule has 4 fully saturated rings. The molecule has 0 aromatic carbocycles. The van der Waals surface area contributed by atoms with Gasteiger partial charge in [0.15, 0.2) is 0 Å². The lowest BCUT2D eigenvalue weighted by molar-refractivity contribution is -0.347. The molecule has 0 spiro atoms. The molecule has 28 heavy (non-hydrogen) atoms. The molecule has 0 aromatic rings. The molecule has 1 N–H and O–H groups in total. The van der Waals surface area contributed by atoms with Gasteiger partial charge in [0.2, 0.25) is 0 Å². The molecule has 4 aliphatic rings. The van der Waals surface area contributed by atoms with Crippen LogP contribution in [0.15, 0.2) is 0 Å². The Labute approximate surface area is 157 Å². The summed E-state index contributed by atoms with van der Waals surface area (Å²) in [5.41, 5.74) is -2.67. The normalized spacial score (nSPS) is 34.2. The van der Waals surface area contributed by atoms with Crippen molar-refractivity contribution < 1.29 is 51.6 Å². The first-order valence-corrected chi connectivity index (χ1v) is 8.86. The van der Waals surface area contributed by atoms with Crippen molar-refractivity contribution in [2.45, 2.75) is 56.0 Å². The number of carboxylic acid groups (broad SMARTS) is 1. The van der Waals surface area contributed by atoms with Gasteiger partial charge >= 0.3 is 23.8 Å². The average Bonchev–Trinajstić information content (AvgIpc) is 2.57. The Hall–Kier alpha value is -1.91. The summed E-state index contributed by atoms with van der Waals surface area (Å²) in [5, 5.41) is 19.2. The number of aliphatic carboxylic acids is 1. The number of carbonyl (C=O) groups excluding carboxylic acids is 3. The Kier molecular flexibility index (Phi) is 4.88. The van der Waals surface area contributed by atoms with Gasteiger partial charge in [-0.15, -0.1) is 0 Å². The van der Waals surface area contributed by atoms with Gasteiger partial charge < -0.3 is 24.5 Å². The van der Waals surface area contributed by atoms with E-state index in [1.807, 2.05) is 0 Å². The summed E-state index contributed by atoms with van der Waals surface area (Å²) in [6.45, 7) is -0.655. The van der Waals surface area contributed by atoms with E-state index in [4.69, 9.17) is 14.6 Å². The van der Waals surface area contributed by atoms with Crippen LogP contribution in [-0.4, -0.2) is 53.7 Å². The first kappa shape index (κ1) is 20.8. The molecule has 0 radical (unpaired) electrons. The molecule has 2 unspecified atom stereocenters. The van der Waals surface area contributed by atoms with E-state index in [1.165, 1.54) is 0 Å². The van der Waals surface area contributed by atoms with Crippen molar-refractivity contribution >= 4 is 17.9 Å². The van der Waals surface area contributed by atoms with E-state index in [1.54, 1.807) is 0 Å². The van der Waals surface area contributed by atoms with E-state index in [0.29, 0.717) is 19.3 Å². The molecule has 0 heterocycles. The predicted molar refractivity (Wildman–Crippen MR) is 78.9 cm³/mol. The summed E-state index contributed by atoms with van der Waals surface area (Å²) < 4.78 is 63.9. The fraction of sp³-hybridized carbons (Fsp3) is 0.824. The Morgan fingerprint density at radius 2 is 1.61 bits per heavy atom. The minimum Gasteiger partial charge on any atom is -0.544 e. The second-order valence-electron chi connectivity index (χ2n) is 8.11. The van der Waals surface area contributed by atoms with Gasteiger partial charge in [-0.05, 0) is 43.9 Å². The monoisotopic (exact) mass is 411 g/mol. The summed E-state index contributed by atoms with van der Waals surface area (Å²) in [6.07, 6.45) is 1.53. The molecular formula is C17H19F4O7-. The minimum absolute atomic E-state index is 0.122. The highest BCUT2D eigenvalue weighted by molar-refractivity contribution is 5.88. The number of alkyl halides is 4. The van der Waals surface area contributed by atoms with Crippen LogP contribution < -0.4 is 5.11 Å². The number of rotatable bonds is 7. The van der Waals surface area contributed by atoms with Crippen molar-refractivity contribution in [3.63, 3.8) is 0 Å². The molecule has 4 rings (SSSR count). The van der Waals surface area contributed by atoms with Crippen LogP contribution in [0.25, 0.3) is 0 Å². The highest BCUT2D eigenvalue weighted by Gasteiger charge is 2.68. The second kappa shape index (κ2) is 6.57. The highest BCUT2D eigenvalue weighted by atomic mass is 19.3. The number of esters is 2. The molecule has 4 saturated carbocycles. The van der Waals surface area contributed by atoms with Crippen molar-refractivity contribution in [1.82, 2.24) is 0 Å². The first-order valence-electron chi connectivity index (χ1n) is 8.86. The van der Waals surface area contributed by atoms with Crippen LogP contribution in [0.3, 0.4) is 0 Å². The van der Waals surface area contributed by atoms with Crippen LogP contribution in [0.5, 0.6) is 0 Å². The number of aliphatic hydroxyl groups excluding tert-OH is 1. The lowest BCUT2D eigenvalue weighted by Gasteiger charge is -2.59. The molecule has 4 aliphatic carbocycles. The molecule has 4 bridgehead atoms. The van der Waals surface area contributed by atoms with Gasteiger partial charge in [-0.2, -0.15) is 17.6 Å². The van der Waals surface area contributed by atoms with Crippen LogP contribution >= 0.6 is 0 Å². The van der Waals surface area contributed by atoms with E-state index >= 15 is 0 Å². The molecule has 2 atom stereocenters. The van der Waals surface area contributed by atoms with Crippen molar-refractivity contribution in [3.8, 4) is 0 Å². The van der Waals surface area contributed by atoms with E-state index < -0.39 is 47.4 Å². The van der Waals surface area contributed by atoms with Crippen molar-refractivity contribution in [1.29, 1.82) is 0 Å². The topological polar surface area (TPSA) is 113 Å². The third kappa shape index (κ3) is 3.13. The van der Waals surface area contributed by atoms with E-state index in [2.05, 4.69) is 0 Å². The predicted octanol–water partition coefficient (Wildman–Crippen LogP) is 0.425. The van der Waals surface area contributed by atoms with Gasteiger partial charge in [-0.3, -0.25) is 4.79 Å². The van der Waals surface area contributed by atoms with E-state index in [-0.39, 0.29) is 37.7 Å². The van der Waals surface area contributed by atoms with E-state index in [0.717, 1.165) is 0 Å². The number of halogens is 4. The number of hydrogen-bond donors (Lipinski definition) is 1. The van der Waals surface area contributed by atoms with Gasteiger partial charge in [0.25, 0.3) is 0 Å².